The monoisotopic (exact) mass is 626 g/mol. The van der Waals surface area contributed by atoms with Crippen LogP contribution >= 0.6 is 11.8 Å². The molecule has 2 atom stereocenters. The van der Waals surface area contributed by atoms with Crippen molar-refractivity contribution in [2.45, 2.75) is 29.6 Å². The molecule has 1 saturated heterocycles. The van der Waals surface area contributed by atoms with E-state index in [0.717, 1.165) is 16.7 Å². The van der Waals surface area contributed by atoms with Gasteiger partial charge < -0.3 is 19.5 Å². The topological polar surface area (TPSA) is 138 Å². The fraction of sp³-hybridized carbons (Fsp3) is 0.250. The van der Waals surface area contributed by atoms with E-state index in [2.05, 4.69) is 20.8 Å². The summed E-state index contributed by atoms with van der Waals surface area (Å²) in [6.45, 7) is -0.0296. The summed E-state index contributed by atoms with van der Waals surface area (Å²) in [5.74, 6) is -1.57. The van der Waals surface area contributed by atoms with Crippen LogP contribution in [0.3, 0.4) is 0 Å². The molecule has 4 aromatic rings. The van der Waals surface area contributed by atoms with Crippen LogP contribution in [0.25, 0.3) is 0 Å². The number of hydrogen-bond acceptors (Lipinski definition) is 10. The van der Waals surface area contributed by atoms with E-state index in [0.29, 0.717) is 10.7 Å². The Bertz CT molecular complexity index is 1680. The maximum atomic E-state index is 14.2. The molecule has 0 saturated carbocycles. The van der Waals surface area contributed by atoms with Gasteiger partial charge in [0.25, 0.3) is 11.6 Å². The molecule has 1 aromatic heterocycles. The van der Waals surface area contributed by atoms with Crippen molar-refractivity contribution >= 4 is 29.5 Å². The highest BCUT2D eigenvalue weighted by Gasteiger charge is 2.67. The highest BCUT2D eigenvalue weighted by molar-refractivity contribution is 7.99. The van der Waals surface area contributed by atoms with Crippen LogP contribution in [0.15, 0.2) is 107 Å². The van der Waals surface area contributed by atoms with Crippen molar-refractivity contribution < 1.29 is 28.6 Å². The number of nitrogens with one attached hydrogen (secondary N) is 1. The van der Waals surface area contributed by atoms with Crippen molar-refractivity contribution in [2.75, 3.05) is 19.5 Å². The number of fused-ring (bicyclic) bond motifs is 1. The first kappa shape index (κ1) is 30.2. The van der Waals surface area contributed by atoms with Crippen molar-refractivity contribution in [3.8, 4) is 0 Å². The van der Waals surface area contributed by atoms with E-state index in [9.17, 15) is 14.4 Å². The lowest BCUT2D eigenvalue weighted by molar-refractivity contribution is -0.258. The van der Waals surface area contributed by atoms with Gasteiger partial charge in [-0.15, -0.1) is 5.10 Å². The number of tetrazole rings is 1. The molecule has 3 aromatic carbocycles. The van der Waals surface area contributed by atoms with Crippen molar-refractivity contribution in [1.29, 1.82) is 0 Å². The molecule has 45 heavy (non-hydrogen) atoms. The summed E-state index contributed by atoms with van der Waals surface area (Å²) >= 11 is 1.28. The van der Waals surface area contributed by atoms with Gasteiger partial charge in [-0.1, -0.05) is 103 Å². The summed E-state index contributed by atoms with van der Waals surface area (Å²) < 4.78 is 19.4. The number of thioether (sulfide) groups is 1. The molecule has 230 valence electrons. The van der Waals surface area contributed by atoms with Crippen LogP contribution in [-0.4, -0.2) is 74.3 Å². The number of nitrogens with zero attached hydrogens (tertiary/aromatic N) is 5. The van der Waals surface area contributed by atoms with Crippen LogP contribution in [0.1, 0.15) is 22.8 Å². The highest BCUT2D eigenvalue weighted by Crippen LogP contribution is 2.42. The molecule has 3 heterocycles. The molecule has 0 radical (unpaired) electrons. The number of hydrogen-bond donors (Lipinski definition) is 1. The number of β-lactam (4-membered cyclic amide) rings is 1. The molecule has 1 N–H and O–H groups in total. The van der Waals surface area contributed by atoms with Gasteiger partial charge in [0.15, 0.2) is 12.3 Å². The predicted molar refractivity (Wildman–Crippen MR) is 162 cm³/mol. The maximum absolute atomic E-state index is 14.2. The minimum atomic E-state index is -1.82. The first-order valence-electron chi connectivity index (χ1n) is 14.1. The SMILES string of the molecule is CO[C@@]1(NC(=O)Cc2ccccc2)C(=O)N2C(C(=O)OC(c3ccccc3)c3ccccc3)=C(CSc3nnnn3C)CO[C@@H]21. The van der Waals surface area contributed by atoms with Crippen molar-refractivity contribution in [1.82, 2.24) is 30.4 Å². The summed E-state index contributed by atoms with van der Waals surface area (Å²) in [7, 11) is 3.02. The Labute approximate surface area is 263 Å². The van der Waals surface area contributed by atoms with Crippen molar-refractivity contribution in [3.63, 3.8) is 0 Å². The second-order valence-electron chi connectivity index (χ2n) is 10.4. The van der Waals surface area contributed by atoms with Crippen LogP contribution in [0.2, 0.25) is 0 Å². The number of aryl methyl sites for hydroxylation is 1. The van der Waals surface area contributed by atoms with Gasteiger partial charge in [-0.3, -0.25) is 14.5 Å². The number of esters is 1. The minimum absolute atomic E-state index is 0.0279. The molecular formula is C32H30N6O6S. The Morgan fingerprint density at radius 1 is 1.02 bits per heavy atom. The Balaban J connectivity index is 1.31. The molecule has 2 amide bonds. The maximum Gasteiger partial charge on any atom is 0.356 e. The normalized spacial score (nSPS) is 19.2. The summed E-state index contributed by atoms with van der Waals surface area (Å²) in [5, 5.41) is 14.8. The molecule has 6 rings (SSSR count). The number of benzene rings is 3. The molecule has 0 aliphatic carbocycles. The van der Waals surface area contributed by atoms with Gasteiger partial charge >= 0.3 is 5.97 Å². The summed E-state index contributed by atoms with van der Waals surface area (Å²) in [6, 6.07) is 27.8. The lowest BCUT2D eigenvalue weighted by Crippen LogP contribution is -2.82. The summed E-state index contributed by atoms with van der Waals surface area (Å²) in [4.78, 5) is 42.4. The van der Waals surface area contributed by atoms with Crippen molar-refractivity contribution in [2.24, 2.45) is 7.05 Å². The average Bonchev–Trinajstić information content (AvgIpc) is 3.49. The van der Waals surface area contributed by atoms with Gasteiger partial charge in [0.1, 0.15) is 5.70 Å². The number of amides is 2. The van der Waals surface area contributed by atoms with Gasteiger partial charge in [0.05, 0.1) is 13.0 Å². The third-order valence-corrected chi connectivity index (χ3v) is 8.64. The number of ether oxygens (including phenoxy) is 3. The van der Waals surface area contributed by atoms with E-state index in [1.165, 1.54) is 28.5 Å². The quantitative estimate of drug-likeness (QED) is 0.115. The van der Waals surface area contributed by atoms with Gasteiger partial charge in [0.2, 0.25) is 11.1 Å². The molecule has 2 aliphatic rings. The van der Waals surface area contributed by atoms with Gasteiger partial charge in [-0.2, -0.15) is 0 Å². The molecule has 2 aliphatic heterocycles. The predicted octanol–water partition coefficient (Wildman–Crippen LogP) is 2.79. The van der Waals surface area contributed by atoms with Crippen LogP contribution < -0.4 is 5.32 Å². The number of carbonyl (C=O) groups is 3. The van der Waals surface area contributed by atoms with E-state index >= 15 is 0 Å². The van der Waals surface area contributed by atoms with Crippen LogP contribution in [0.4, 0.5) is 0 Å². The average molecular weight is 627 g/mol. The standard InChI is InChI=1S/C32H30N6O6S/c1-37-31(34-35-36-37)45-20-24-19-43-30-32(42-2,33-25(39)18-21-12-6-3-7-13-21)29(41)38(30)26(24)28(40)44-27(22-14-8-4-9-15-22)23-16-10-5-11-17-23/h3-17,27,30H,18-20H2,1-2H3,(H,33,39)/t30-,32+/m1/s1. The van der Waals surface area contributed by atoms with E-state index in [1.54, 1.807) is 7.05 Å². The van der Waals surface area contributed by atoms with Gasteiger partial charge in [-0.25, -0.2) is 9.48 Å². The van der Waals surface area contributed by atoms with Gasteiger partial charge in [0, 0.05) is 19.9 Å². The molecule has 12 nitrogen and oxygen atoms in total. The number of carbonyl (C=O) groups excluding carboxylic acids is 3. The van der Waals surface area contributed by atoms with Crippen LogP contribution in [-0.2, 0) is 42.1 Å². The van der Waals surface area contributed by atoms with Crippen LogP contribution in [0, 0.1) is 0 Å². The van der Waals surface area contributed by atoms with E-state index in [1.807, 2.05) is 91.0 Å². The van der Waals surface area contributed by atoms with E-state index in [4.69, 9.17) is 14.2 Å². The molecule has 0 spiro atoms. The Kier molecular flexibility index (Phi) is 8.74. The van der Waals surface area contributed by atoms with Crippen LogP contribution in [0.5, 0.6) is 0 Å². The molecular weight excluding hydrogens is 596 g/mol. The number of rotatable bonds is 11. The highest BCUT2D eigenvalue weighted by atomic mass is 32.2. The summed E-state index contributed by atoms with van der Waals surface area (Å²) in [6.07, 6.45) is -1.82. The zero-order valence-electron chi connectivity index (χ0n) is 24.5. The first-order valence-corrected chi connectivity index (χ1v) is 15.1. The molecule has 13 heteroatoms. The third-order valence-electron chi connectivity index (χ3n) is 7.54. The minimum Gasteiger partial charge on any atom is -0.448 e. The van der Waals surface area contributed by atoms with E-state index < -0.39 is 35.8 Å². The molecule has 0 unspecified atom stereocenters. The fourth-order valence-electron chi connectivity index (χ4n) is 5.32. The zero-order valence-corrected chi connectivity index (χ0v) is 25.3. The molecule has 0 bridgehead atoms. The largest absolute Gasteiger partial charge is 0.448 e. The van der Waals surface area contributed by atoms with Gasteiger partial charge in [-0.05, 0) is 32.7 Å². The Morgan fingerprint density at radius 3 is 2.22 bits per heavy atom. The number of aromatic nitrogens is 4. The lowest BCUT2D eigenvalue weighted by Gasteiger charge is -2.55. The third kappa shape index (κ3) is 5.97. The fourth-order valence-corrected chi connectivity index (χ4v) is 6.16. The zero-order chi connectivity index (χ0) is 31.4. The summed E-state index contributed by atoms with van der Waals surface area (Å²) in [5.41, 5.74) is 0.998. The van der Waals surface area contributed by atoms with E-state index in [-0.39, 0.29) is 24.5 Å². The van der Waals surface area contributed by atoms with Crippen molar-refractivity contribution in [3.05, 3.63) is 119 Å². The number of methoxy groups -OCH3 is 1. The lowest BCUT2D eigenvalue weighted by atomic mass is 9.94. The Hall–Kier alpha value is -4.85. The first-order chi connectivity index (χ1) is 21.9. The Morgan fingerprint density at radius 2 is 1.64 bits per heavy atom. The second kappa shape index (κ2) is 13.0. The molecule has 1 fully saturated rings. The smallest absolute Gasteiger partial charge is 0.356 e. The second-order valence-corrected chi connectivity index (χ2v) is 11.4.